The number of hydrogen-bond donors (Lipinski definition) is 2. The first-order valence-electron chi connectivity index (χ1n) is 6.11. The summed E-state index contributed by atoms with van der Waals surface area (Å²) in [6.07, 6.45) is 0.139. The fourth-order valence-corrected chi connectivity index (χ4v) is 2.07. The van der Waals surface area contributed by atoms with E-state index in [0.717, 1.165) is 12.1 Å². The van der Waals surface area contributed by atoms with Crippen LogP contribution in [0.1, 0.15) is 25.0 Å². The van der Waals surface area contributed by atoms with E-state index in [1.807, 2.05) is 0 Å². The van der Waals surface area contributed by atoms with Gasteiger partial charge in [-0.2, -0.15) is 0 Å². The first kappa shape index (κ1) is 16.8. The minimum absolute atomic E-state index is 0. The maximum absolute atomic E-state index is 13.2. The van der Waals surface area contributed by atoms with Gasteiger partial charge in [0.25, 0.3) is 0 Å². The van der Waals surface area contributed by atoms with Gasteiger partial charge in [0, 0.05) is 6.61 Å². The lowest BCUT2D eigenvalue weighted by Crippen LogP contribution is -2.44. The molecule has 0 radical (unpaired) electrons. The van der Waals surface area contributed by atoms with Gasteiger partial charge in [0.1, 0.15) is 6.10 Å². The number of rotatable bonds is 3. The highest BCUT2D eigenvalue weighted by Gasteiger charge is 2.31. The average Bonchev–Trinajstić information content (AvgIpc) is 2.80. The van der Waals surface area contributed by atoms with Gasteiger partial charge >= 0.3 is 0 Å². The number of hydrogen-bond acceptors (Lipinski definition) is 3. The summed E-state index contributed by atoms with van der Waals surface area (Å²) in [5.41, 5.74) is 5.99. The fraction of sp³-hybridized carbons (Fsp3) is 0.462. The molecule has 7 heteroatoms. The van der Waals surface area contributed by atoms with Crippen LogP contribution in [-0.4, -0.2) is 24.6 Å². The van der Waals surface area contributed by atoms with Crippen molar-refractivity contribution < 1.29 is 18.3 Å². The van der Waals surface area contributed by atoms with Crippen LogP contribution in [0.5, 0.6) is 0 Å². The van der Waals surface area contributed by atoms with Gasteiger partial charge in [-0.05, 0) is 31.0 Å². The Kier molecular flexibility index (Phi) is 5.86. The van der Waals surface area contributed by atoms with Crippen LogP contribution in [0.15, 0.2) is 18.2 Å². The number of ether oxygens (including phenoxy) is 1. The summed E-state index contributed by atoms with van der Waals surface area (Å²) in [6.45, 7) is 2.03. The topological polar surface area (TPSA) is 64.4 Å². The van der Waals surface area contributed by atoms with E-state index in [2.05, 4.69) is 5.32 Å². The minimum Gasteiger partial charge on any atom is -0.371 e. The molecule has 1 aromatic rings. The number of carbonyl (C=O) groups excluding carboxylic acids is 1. The molecule has 2 rings (SSSR count). The zero-order chi connectivity index (χ0) is 14.0. The van der Waals surface area contributed by atoms with Gasteiger partial charge in [-0.1, -0.05) is 6.07 Å². The van der Waals surface area contributed by atoms with Gasteiger partial charge < -0.3 is 15.8 Å². The number of halogens is 3. The van der Waals surface area contributed by atoms with E-state index in [9.17, 15) is 13.6 Å². The molecule has 1 aliphatic rings. The summed E-state index contributed by atoms with van der Waals surface area (Å²) in [6, 6.07) is 2.71. The largest absolute Gasteiger partial charge is 0.371 e. The van der Waals surface area contributed by atoms with Gasteiger partial charge in [-0.15, -0.1) is 12.4 Å². The highest BCUT2D eigenvalue weighted by Crippen LogP contribution is 2.30. The van der Waals surface area contributed by atoms with Crippen LogP contribution in [0.4, 0.5) is 8.78 Å². The monoisotopic (exact) mass is 306 g/mol. The Morgan fingerprint density at radius 2 is 2.15 bits per heavy atom. The molecular formula is C13H17ClF2N2O2. The van der Waals surface area contributed by atoms with Crippen LogP contribution in [0, 0.1) is 11.6 Å². The Morgan fingerprint density at radius 1 is 1.45 bits per heavy atom. The Hall–Kier alpha value is -1.24. The standard InChI is InChI=1S/C13H16F2N2O2.ClH/c1-7(16)13(18)17-11-4-5-19-12(11)8-2-3-9(14)10(15)6-8;/h2-3,6-7,11-12H,4-5,16H2,1H3,(H,17,18);1H. The molecule has 1 amide bonds. The van der Waals surface area contributed by atoms with Crippen LogP contribution in [0.3, 0.4) is 0 Å². The first-order valence-corrected chi connectivity index (χ1v) is 6.11. The molecule has 0 aliphatic carbocycles. The molecular weight excluding hydrogens is 290 g/mol. The number of nitrogens with one attached hydrogen (secondary N) is 1. The van der Waals surface area contributed by atoms with E-state index < -0.39 is 23.8 Å². The number of amides is 1. The van der Waals surface area contributed by atoms with Gasteiger partial charge in [-0.25, -0.2) is 8.78 Å². The highest BCUT2D eigenvalue weighted by atomic mass is 35.5. The van der Waals surface area contributed by atoms with E-state index in [4.69, 9.17) is 10.5 Å². The quantitative estimate of drug-likeness (QED) is 0.893. The lowest BCUT2D eigenvalue weighted by molar-refractivity contribution is -0.123. The van der Waals surface area contributed by atoms with Crippen molar-refractivity contribution in [1.29, 1.82) is 0 Å². The van der Waals surface area contributed by atoms with Crippen LogP contribution in [-0.2, 0) is 9.53 Å². The summed E-state index contributed by atoms with van der Waals surface area (Å²) in [5.74, 6) is -2.12. The van der Waals surface area contributed by atoms with Crippen molar-refractivity contribution in [3.8, 4) is 0 Å². The third kappa shape index (κ3) is 3.65. The molecule has 0 aromatic heterocycles. The predicted octanol–water partition coefficient (Wildman–Crippen LogP) is 1.68. The molecule has 1 heterocycles. The van der Waals surface area contributed by atoms with E-state index in [1.165, 1.54) is 6.07 Å². The molecule has 1 fully saturated rings. The molecule has 1 aromatic carbocycles. The second kappa shape index (κ2) is 6.97. The maximum Gasteiger partial charge on any atom is 0.236 e. The molecule has 1 aliphatic heterocycles. The lowest BCUT2D eigenvalue weighted by atomic mass is 10.0. The number of nitrogens with two attached hydrogens (primary N) is 1. The average molecular weight is 307 g/mol. The molecule has 0 spiro atoms. The van der Waals surface area contributed by atoms with Crippen molar-refractivity contribution in [3.05, 3.63) is 35.4 Å². The third-order valence-electron chi connectivity index (χ3n) is 3.11. The number of benzene rings is 1. The minimum atomic E-state index is -0.926. The van der Waals surface area contributed by atoms with E-state index in [1.54, 1.807) is 6.92 Å². The summed E-state index contributed by atoms with van der Waals surface area (Å²) < 4.78 is 31.6. The second-order valence-corrected chi connectivity index (χ2v) is 4.66. The molecule has 0 bridgehead atoms. The Balaban J connectivity index is 0.00000200. The zero-order valence-corrected chi connectivity index (χ0v) is 11.8. The summed E-state index contributed by atoms with van der Waals surface area (Å²) in [4.78, 5) is 11.6. The van der Waals surface area contributed by atoms with Crippen LogP contribution < -0.4 is 11.1 Å². The van der Waals surface area contributed by atoms with Crippen molar-refractivity contribution in [2.24, 2.45) is 5.73 Å². The smallest absolute Gasteiger partial charge is 0.236 e. The zero-order valence-electron chi connectivity index (χ0n) is 10.9. The highest BCUT2D eigenvalue weighted by molar-refractivity contribution is 5.85. The second-order valence-electron chi connectivity index (χ2n) is 4.66. The molecule has 1 saturated heterocycles. The Labute approximate surface area is 122 Å². The molecule has 0 saturated carbocycles. The van der Waals surface area contributed by atoms with Gasteiger partial charge in [0.05, 0.1) is 12.1 Å². The Morgan fingerprint density at radius 3 is 2.75 bits per heavy atom. The van der Waals surface area contributed by atoms with Crippen molar-refractivity contribution in [2.75, 3.05) is 6.61 Å². The molecule has 3 N–H and O–H groups in total. The first-order chi connectivity index (χ1) is 8.99. The normalized spacial score (nSPS) is 23.0. The SMILES string of the molecule is CC(N)C(=O)NC1CCOC1c1ccc(F)c(F)c1.Cl. The van der Waals surface area contributed by atoms with Crippen LogP contribution in [0.25, 0.3) is 0 Å². The maximum atomic E-state index is 13.2. The third-order valence-corrected chi connectivity index (χ3v) is 3.11. The van der Waals surface area contributed by atoms with Gasteiger partial charge in [-0.3, -0.25) is 4.79 Å². The molecule has 4 nitrogen and oxygen atoms in total. The predicted molar refractivity (Wildman–Crippen MR) is 72.5 cm³/mol. The summed E-state index contributed by atoms with van der Waals surface area (Å²) in [5, 5.41) is 2.76. The molecule has 3 atom stereocenters. The molecule has 3 unspecified atom stereocenters. The van der Waals surface area contributed by atoms with Gasteiger partial charge in [0.15, 0.2) is 11.6 Å². The number of carbonyl (C=O) groups is 1. The van der Waals surface area contributed by atoms with Gasteiger partial charge in [0.2, 0.25) is 5.91 Å². The summed E-state index contributed by atoms with van der Waals surface area (Å²) in [7, 11) is 0. The van der Waals surface area contributed by atoms with E-state index in [0.29, 0.717) is 18.6 Å². The molecule has 20 heavy (non-hydrogen) atoms. The lowest BCUT2D eigenvalue weighted by Gasteiger charge is -2.21. The van der Waals surface area contributed by atoms with Crippen LogP contribution in [0.2, 0.25) is 0 Å². The Bertz CT molecular complexity index is 485. The van der Waals surface area contributed by atoms with E-state index >= 15 is 0 Å². The van der Waals surface area contributed by atoms with E-state index in [-0.39, 0.29) is 24.4 Å². The molecule has 112 valence electrons. The summed E-state index contributed by atoms with van der Waals surface area (Å²) >= 11 is 0. The van der Waals surface area contributed by atoms with Crippen molar-refractivity contribution in [3.63, 3.8) is 0 Å². The van der Waals surface area contributed by atoms with Crippen molar-refractivity contribution in [1.82, 2.24) is 5.32 Å². The van der Waals surface area contributed by atoms with Crippen molar-refractivity contribution >= 4 is 18.3 Å². The fourth-order valence-electron chi connectivity index (χ4n) is 2.07. The van der Waals surface area contributed by atoms with Crippen LogP contribution >= 0.6 is 12.4 Å². The van der Waals surface area contributed by atoms with Crippen molar-refractivity contribution in [2.45, 2.75) is 31.5 Å².